The molecule has 0 unspecified atom stereocenters. The predicted octanol–water partition coefficient (Wildman–Crippen LogP) is 1.69. The Morgan fingerprint density at radius 1 is 1.25 bits per heavy atom. The molecular formula is C11H20O4S. The van der Waals surface area contributed by atoms with E-state index in [1.807, 2.05) is 0 Å². The molecule has 4 nitrogen and oxygen atoms in total. The molecule has 5 heteroatoms. The first-order chi connectivity index (χ1) is 7.42. The van der Waals surface area contributed by atoms with Crippen molar-refractivity contribution in [2.24, 2.45) is 0 Å². The van der Waals surface area contributed by atoms with E-state index in [0.717, 1.165) is 19.3 Å². The summed E-state index contributed by atoms with van der Waals surface area (Å²) >= 11 is 0. The number of esters is 1. The van der Waals surface area contributed by atoms with Crippen LogP contribution in [0.25, 0.3) is 0 Å². The summed E-state index contributed by atoms with van der Waals surface area (Å²) in [7, 11) is -3.30. The van der Waals surface area contributed by atoms with Crippen LogP contribution in [0.15, 0.2) is 0 Å². The molecule has 1 saturated carbocycles. The van der Waals surface area contributed by atoms with Gasteiger partial charge < -0.3 is 4.74 Å². The maximum Gasteiger partial charge on any atom is 0.321 e. The highest BCUT2D eigenvalue weighted by molar-refractivity contribution is 7.92. The normalized spacial score (nSPS) is 18.7. The van der Waals surface area contributed by atoms with Gasteiger partial charge in [-0.15, -0.1) is 0 Å². The summed E-state index contributed by atoms with van der Waals surface area (Å²) in [5.41, 5.74) is 0. The Morgan fingerprint density at radius 3 is 2.31 bits per heavy atom. The van der Waals surface area contributed by atoms with Crippen LogP contribution in [-0.4, -0.2) is 31.5 Å². The first-order valence-electron chi connectivity index (χ1n) is 5.83. The van der Waals surface area contributed by atoms with E-state index in [2.05, 4.69) is 0 Å². The second kappa shape index (κ2) is 5.66. The van der Waals surface area contributed by atoms with Gasteiger partial charge in [0.2, 0.25) is 0 Å². The van der Waals surface area contributed by atoms with E-state index in [-0.39, 0.29) is 11.4 Å². The van der Waals surface area contributed by atoms with E-state index in [0.29, 0.717) is 12.8 Å². The van der Waals surface area contributed by atoms with Crippen molar-refractivity contribution in [1.82, 2.24) is 0 Å². The second-order valence-electron chi connectivity index (χ2n) is 4.61. The number of carbonyl (C=O) groups excluding carboxylic acids is 1. The topological polar surface area (TPSA) is 60.4 Å². The van der Waals surface area contributed by atoms with Crippen LogP contribution in [0.2, 0.25) is 0 Å². The maximum atomic E-state index is 11.9. The van der Waals surface area contributed by atoms with Crippen LogP contribution in [0.1, 0.15) is 46.0 Å². The third kappa shape index (κ3) is 4.12. The molecule has 16 heavy (non-hydrogen) atoms. The van der Waals surface area contributed by atoms with Crippen LogP contribution in [0, 0.1) is 0 Å². The maximum absolute atomic E-state index is 11.9. The van der Waals surface area contributed by atoms with Gasteiger partial charge in [0.25, 0.3) is 0 Å². The molecule has 0 aliphatic heterocycles. The molecule has 0 aromatic carbocycles. The Balaban J connectivity index is 2.53. The summed E-state index contributed by atoms with van der Waals surface area (Å²) in [6, 6.07) is 0. The summed E-state index contributed by atoms with van der Waals surface area (Å²) in [6.45, 7) is 3.43. The fraction of sp³-hybridized carbons (Fsp3) is 0.909. The number of rotatable bonds is 4. The molecule has 0 bridgehead atoms. The number of ether oxygens (including phenoxy) is 1. The fourth-order valence-corrected chi connectivity index (χ4v) is 3.69. The van der Waals surface area contributed by atoms with Gasteiger partial charge in [-0.05, 0) is 26.7 Å². The molecule has 0 aromatic rings. The van der Waals surface area contributed by atoms with Crippen molar-refractivity contribution in [1.29, 1.82) is 0 Å². The van der Waals surface area contributed by atoms with Gasteiger partial charge in [-0.1, -0.05) is 19.3 Å². The van der Waals surface area contributed by atoms with E-state index in [1.165, 1.54) is 0 Å². The van der Waals surface area contributed by atoms with Gasteiger partial charge in [-0.25, -0.2) is 8.42 Å². The summed E-state index contributed by atoms with van der Waals surface area (Å²) < 4.78 is 28.6. The van der Waals surface area contributed by atoms with Crippen LogP contribution in [0.5, 0.6) is 0 Å². The summed E-state index contributed by atoms with van der Waals surface area (Å²) in [5.74, 6) is -1.09. The van der Waals surface area contributed by atoms with Gasteiger partial charge in [-0.2, -0.15) is 0 Å². The van der Waals surface area contributed by atoms with Crippen molar-refractivity contribution in [3.05, 3.63) is 0 Å². The van der Waals surface area contributed by atoms with Crippen LogP contribution < -0.4 is 0 Å². The number of hydrogen-bond acceptors (Lipinski definition) is 4. The lowest BCUT2D eigenvalue weighted by atomic mass is 10.0. The number of carbonyl (C=O) groups is 1. The molecule has 0 radical (unpaired) electrons. The molecule has 1 aliphatic rings. The molecule has 0 N–H and O–H groups in total. The highest BCUT2D eigenvalue weighted by Gasteiger charge is 2.30. The second-order valence-corrected chi connectivity index (χ2v) is 6.89. The van der Waals surface area contributed by atoms with Gasteiger partial charge >= 0.3 is 5.97 Å². The van der Waals surface area contributed by atoms with Crippen molar-refractivity contribution in [3.8, 4) is 0 Å². The molecule has 1 fully saturated rings. The lowest BCUT2D eigenvalue weighted by Gasteiger charge is -2.21. The monoisotopic (exact) mass is 248 g/mol. The summed E-state index contributed by atoms with van der Waals surface area (Å²) in [4.78, 5) is 11.3. The first kappa shape index (κ1) is 13.5. The molecule has 1 aliphatic carbocycles. The first-order valence-corrected chi connectivity index (χ1v) is 7.54. The van der Waals surface area contributed by atoms with Gasteiger partial charge in [0.05, 0.1) is 11.4 Å². The van der Waals surface area contributed by atoms with Crippen LogP contribution in [-0.2, 0) is 19.4 Å². The van der Waals surface area contributed by atoms with Crippen molar-refractivity contribution in [2.45, 2.75) is 57.3 Å². The Kier molecular flexibility index (Phi) is 4.77. The molecule has 0 heterocycles. The lowest BCUT2D eigenvalue weighted by molar-refractivity contribution is -0.144. The van der Waals surface area contributed by atoms with Crippen molar-refractivity contribution < 1.29 is 17.9 Å². The van der Waals surface area contributed by atoms with Crippen molar-refractivity contribution in [2.75, 3.05) is 5.75 Å². The predicted molar refractivity (Wildman–Crippen MR) is 61.9 cm³/mol. The van der Waals surface area contributed by atoms with E-state index in [4.69, 9.17) is 4.74 Å². The quantitative estimate of drug-likeness (QED) is 0.710. The van der Waals surface area contributed by atoms with Crippen LogP contribution >= 0.6 is 0 Å². The van der Waals surface area contributed by atoms with Gasteiger partial charge in [0, 0.05) is 0 Å². The highest BCUT2D eigenvalue weighted by Crippen LogP contribution is 2.24. The number of sulfone groups is 1. The molecule has 0 spiro atoms. The standard InChI is InChI=1S/C11H20O4S/c1-9(2)15-11(12)8-16(13,14)10-6-4-3-5-7-10/h9-10H,3-8H2,1-2H3. The zero-order valence-corrected chi connectivity index (χ0v) is 10.8. The van der Waals surface area contributed by atoms with E-state index >= 15 is 0 Å². The third-order valence-electron chi connectivity index (χ3n) is 2.75. The fourth-order valence-electron chi connectivity index (χ4n) is 2.00. The molecule has 1 rings (SSSR count). The minimum atomic E-state index is -3.30. The van der Waals surface area contributed by atoms with Crippen LogP contribution in [0.3, 0.4) is 0 Å². The summed E-state index contributed by atoms with van der Waals surface area (Å²) in [5, 5.41) is -0.332. The molecule has 0 saturated heterocycles. The van der Waals surface area contributed by atoms with E-state index < -0.39 is 21.6 Å². The van der Waals surface area contributed by atoms with E-state index in [9.17, 15) is 13.2 Å². The van der Waals surface area contributed by atoms with E-state index in [1.54, 1.807) is 13.8 Å². The number of hydrogen-bond donors (Lipinski definition) is 0. The lowest BCUT2D eigenvalue weighted by Crippen LogP contribution is -2.31. The Hall–Kier alpha value is -0.580. The largest absolute Gasteiger partial charge is 0.462 e. The summed E-state index contributed by atoms with van der Waals surface area (Å²) in [6.07, 6.45) is 4.12. The minimum absolute atomic E-state index is 0.256. The zero-order chi connectivity index (χ0) is 12.2. The highest BCUT2D eigenvalue weighted by atomic mass is 32.2. The SMILES string of the molecule is CC(C)OC(=O)CS(=O)(=O)C1CCCCC1. The Labute approximate surface area is 97.3 Å². The van der Waals surface area contributed by atoms with Gasteiger partial charge in [-0.3, -0.25) is 4.79 Å². The average Bonchev–Trinajstić information content (AvgIpc) is 2.16. The Bertz CT molecular complexity index is 326. The average molecular weight is 248 g/mol. The molecule has 0 aromatic heterocycles. The molecule has 94 valence electrons. The Morgan fingerprint density at radius 2 is 1.81 bits per heavy atom. The minimum Gasteiger partial charge on any atom is -0.462 e. The van der Waals surface area contributed by atoms with Crippen LogP contribution in [0.4, 0.5) is 0 Å². The van der Waals surface area contributed by atoms with Gasteiger partial charge in [0.1, 0.15) is 5.75 Å². The zero-order valence-electron chi connectivity index (χ0n) is 9.94. The molecular weight excluding hydrogens is 228 g/mol. The third-order valence-corrected chi connectivity index (χ3v) is 4.87. The van der Waals surface area contributed by atoms with Crippen molar-refractivity contribution in [3.63, 3.8) is 0 Å². The van der Waals surface area contributed by atoms with Gasteiger partial charge in [0.15, 0.2) is 9.84 Å². The smallest absolute Gasteiger partial charge is 0.321 e. The molecule has 0 atom stereocenters. The molecule has 0 amide bonds. The van der Waals surface area contributed by atoms with Crippen molar-refractivity contribution >= 4 is 15.8 Å².